The molecule has 19 heavy (non-hydrogen) atoms. The number of aromatic nitrogens is 3. The van der Waals surface area contributed by atoms with E-state index in [9.17, 15) is 0 Å². The Bertz CT molecular complexity index is 724. The lowest BCUT2D eigenvalue weighted by molar-refractivity contribution is 0.278. The molecule has 0 radical (unpaired) electrons. The highest BCUT2D eigenvalue weighted by Gasteiger charge is 2.03. The Hall–Kier alpha value is -1.91. The molecule has 0 spiro atoms. The summed E-state index contributed by atoms with van der Waals surface area (Å²) >= 11 is 5.77. The summed E-state index contributed by atoms with van der Waals surface area (Å²) in [5.74, 6) is 0. The molecule has 1 aromatic carbocycles. The summed E-state index contributed by atoms with van der Waals surface area (Å²) in [6.07, 6.45) is 2.36. The average molecular weight is 274 g/mol. The molecule has 2 aromatic heterocycles. The third kappa shape index (κ3) is 2.59. The van der Waals surface area contributed by atoms with Crippen molar-refractivity contribution in [2.75, 3.05) is 0 Å². The maximum absolute atomic E-state index is 9.11. The number of hydrogen-bond donors (Lipinski definition) is 2. The Morgan fingerprint density at radius 1 is 1.21 bits per heavy atom. The summed E-state index contributed by atoms with van der Waals surface area (Å²) in [7, 11) is 0. The van der Waals surface area contributed by atoms with Gasteiger partial charge in [0.1, 0.15) is 0 Å². The van der Waals surface area contributed by atoms with E-state index in [0.29, 0.717) is 6.42 Å². The number of benzene rings is 1. The minimum Gasteiger partial charge on any atom is -0.390 e. The predicted octanol–water partition coefficient (Wildman–Crippen LogP) is 2.69. The van der Waals surface area contributed by atoms with Gasteiger partial charge in [0.05, 0.1) is 6.61 Å². The zero-order valence-electron chi connectivity index (χ0n) is 10.1. The van der Waals surface area contributed by atoms with Crippen molar-refractivity contribution in [2.24, 2.45) is 0 Å². The maximum Gasteiger partial charge on any atom is 0.222 e. The van der Waals surface area contributed by atoms with Gasteiger partial charge in [-0.25, -0.2) is 9.97 Å². The molecule has 4 nitrogen and oxygen atoms in total. The van der Waals surface area contributed by atoms with Crippen molar-refractivity contribution in [3.63, 3.8) is 0 Å². The van der Waals surface area contributed by atoms with Crippen LogP contribution in [0.2, 0.25) is 5.28 Å². The van der Waals surface area contributed by atoms with Crippen LogP contribution >= 0.6 is 11.6 Å². The van der Waals surface area contributed by atoms with Crippen molar-refractivity contribution in [3.05, 3.63) is 58.8 Å². The number of nitrogens with one attached hydrogen (secondary N) is 1. The molecular weight excluding hydrogens is 262 g/mol. The molecule has 0 unspecified atom stereocenters. The van der Waals surface area contributed by atoms with E-state index in [1.54, 1.807) is 6.20 Å². The molecule has 3 rings (SSSR count). The van der Waals surface area contributed by atoms with E-state index in [2.05, 4.69) is 21.0 Å². The fraction of sp³-hybridized carbons (Fsp3) is 0.143. The van der Waals surface area contributed by atoms with E-state index in [1.165, 1.54) is 0 Å². The quantitative estimate of drug-likeness (QED) is 0.721. The molecule has 0 amide bonds. The minimum atomic E-state index is 0.0194. The first kappa shape index (κ1) is 12.1. The van der Waals surface area contributed by atoms with Gasteiger partial charge in [-0.1, -0.05) is 6.07 Å². The van der Waals surface area contributed by atoms with E-state index in [-0.39, 0.29) is 11.9 Å². The molecule has 3 aromatic rings. The molecule has 96 valence electrons. The molecule has 0 bridgehead atoms. The third-order valence-corrected chi connectivity index (χ3v) is 3.16. The topological polar surface area (TPSA) is 61.8 Å². The van der Waals surface area contributed by atoms with Gasteiger partial charge in [-0.05, 0) is 41.4 Å². The Kier molecular flexibility index (Phi) is 3.19. The minimum absolute atomic E-state index is 0.0194. The molecule has 2 N–H and O–H groups in total. The Balaban J connectivity index is 1.92. The number of hydrogen-bond acceptors (Lipinski definition) is 3. The van der Waals surface area contributed by atoms with Crippen molar-refractivity contribution in [1.29, 1.82) is 0 Å². The summed E-state index contributed by atoms with van der Waals surface area (Å²) in [5, 5.41) is 10.5. The number of aliphatic hydroxyl groups is 1. The second kappa shape index (κ2) is 4.99. The molecule has 0 atom stereocenters. The fourth-order valence-corrected chi connectivity index (χ4v) is 2.28. The average Bonchev–Trinajstić information content (AvgIpc) is 2.81. The van der Waals surface area contributed by atoms with Crippen molar-refractivity contribution in [3.8, 4) is 0 Å². The number of rotatable bonds is 3. The van der Waals surface area contributed by atoms with E-state index >= 15 is 0 Å². The Labute approximate surface area is 115 Å². The van der Waals surface area contributed by atoms with Crippen LogP contribution in [-0.4, -0.2) is 20.1 Å². The highest BCUT2D eigenvalue weighted by Crippen LogP contribution is 2.19. The third-order valence-electron chi connectivity index (χ3n) is 2.98. The lowest BCUT2D eigenvalue weighted by Crippen LogP contribution is -1.93. The van der Waals surface area contributed by atoms with Gasteiger partial charge in [0.2, 0.25) is 5.28 Å². The second-order valence-corrected chi connectivity index (χ2v) is 4.71. The second-order valence-electron chi connectivity index (χ2n) is 4.37. The molecule has 0 aliphatic heterocycles. The summed E-state index contributed by atoms with van der Waals surface area (Å²) < 4.78 is 0. The summed E-state index contributed by atoms with van der Waals surface area (Å²) in [5.41, 5.74) is 3.87. The number of H-pyrrole nitrogens is 1. The SMILES string of the molecule is OCc1cc2cc(Cc3ccnc(Cl)n3)ccc2[nH]1. The fourth-order valence-electron chi connectivity index (χ4n) is 2.11. The number of fused-ring (bicyclic) bond motifs is 1. The van der Waals surface area contributed by atoms with Gasteiger partial charge in [0, 0.05) is 34.9 Å². The van der Waals surface area contributed by atoms with Crippen molar-refractivity contribution < 1.29 is 5.11 Å². The molecule has 0 aliphatic carbocycles. The molecule has 0 saturated carbocycles. The van der Waals surface area contributed by atoms with Crippen LogP contribution in [0.15, 0.2) is 36.5 Å². The van der Waals surface area contributed by atoms with Crippen LogP contribution in [0.3, 0.4) is 0 Å². The first-order valence-corrected chi connectivity index (χ1v) is 6.31. The van der Waals surface area contributed by atoms with Crippen LogP contribution in [0.4, 0.5) is 0 Å². The van der Waals surface area contributed by atoms with Gasteiger partial charge < -0.3 is 10.1 Å². The lowest BCUT2D eigenvalue weighted by atomic mass is 10.1. The zero-order chi connectivity index (χ0) is 13.2. The smallest absolute Gasteiger partial charge is 0.222 e. The molecular formula is C14H12ClN3O. The van der Waals surface area contributed by atoms with Gasteiger partial charge >= 0.3 is 0 Å². The van der Waals surface area contributed by atoms with Crippen LogP contribution in [0.5, 0.6) is 0 Å². The number of aliphatic hydroxyl groups excluding tert-OH is 1. The highest BCUT2D eigenvalue weighted by molar-refractivity contribution is 6.28. The molecule has 0 fully saturated rings. The highest BCUT2D eigenvalue weighted by atomic mass is 35.5. The van der Waals surface area contributed by atoms with E-state index in [0.717, 1.165) is 27.9 Å². The Morgan fingerprint density at radius 3 is 2.89 bits per heavy atom. The van der Waals surface area contributed by atoms with Crippen molar-refractivity contribution in [1.82, 2.24) is 15.0 Å². The van der Waals surface area contributed by atoms with E-state index in [1.807, 2.05) is 24.3 Å². The maximum atomic E-state index is 9.11. The van der Waals surface area contributed by atoms with Gasteiger partial charge in [-0.2, -0.15) is 0 Å². The van der Waals surface area contributed by atoms with Crippen LogP contribution in [0, 0.1) is 0 Å². The zero-order valence-corrected chi connectivity index (χ0v) is 10.9. The van der Waals surface area contributed by atoms with Gasteiger partial charge in [0.25, 0.3) is 0 Å². The standard InChI is InChI=1S/C14H12ClN3O/c15-14-16-4-3-11(18-14)6-9-1-2-13-10(5-9)7-12(8-19)17-13/h1-5,7,17,19H,6,8H2. The van der Waals surface area contributed by atoms with Crippen molar-refractivity contribution in [2.45, 2.75) is 13.0 Å². The normalized spacial score (nSPS) is 11.1. The first-order chi connectivity index (χ1) is 9.24. The molecule has 2 heterocycles. The van der Waals surface area contributed by atoms with Crippen LogP contribution < -0.4 is 0 Å². The number of halogens is 1. The largest absolute Gasteiger partial charge is 0.390 e. The van der Waals surface area contributed by atoms with E-state index in [4.69, 9.17) is 16.7 Å². The molecule has 5 heteroatoms. The van der Waals surface area contributed by atoms with Crippen LogP contribution in [0.1, 0.15) is 17.0 Å². The van der Waals surface area contributed by atoms with Gasteiger partial charge in [-0.15, -0.1) is 0 Å². The van der Waals surface area contributed by atoms with E-state index < -0.39 is 0 Å². The first-order valence-electron chi connectivity index (χ1n) is 5.93. The van der Waals surface area contributed by atoms with Crippen LogP contribution in [0.25, 0.3) is 10.9 Å². The monoisotopic (exact) mass is 273 g/mol. The molecule has 0 saturated heterocycles. The Morgan fingerprint density at radius 2 is 2.11 bits per heavy atom. The predicted molar refractivity (Wildman–Crippen MR) is 74.1 cm³/mol. The van der Waals surface area contributed by atoms with Gasteiger partial charge in [-0.3, -0.25) is 0 Å². The summed E-state index contributed by atoms with van der Waals surface area (Å²) in [6, 6.07) is 9.93. The summed E-state index contributed by atoms with van der Waals surface area (Å²) in [6.45, 7) is 0.0194. The van der Waals surface area contributed by atoms with Gasteiger partial charge in [0.15, 0.2) is 0 Å². The number of aromatic amines is 1. The van der Waals surface area contributed by atoms with Crippen LogP contribution in [-0.2, 0) is 13.0 Å². The lowest BCUT2D eigenvalue weighted by Gasteiger charge is -2.01. The number of nitrogens with zero attached hydrogens (tertiary/aromatic N) is 2. The van der Waals surface area contributed by atoms with Crippen molar-refractivity contribution >= 4 is 22.5 Å². The molecule has 0 aliphatic rings. The summed E-state index contributed by atoms with van der Waals surface area (Å²) in [4.78, 5) is 11.2.